The second kappa shape index (κ2) is 7.49. The second-order valence-electron chi connectivity index (χ2n) is 4.37. The first-order valence-corrected chi connectivity index (χ1v) is 6.09. The van der Waals surface area contributed by atoms with Crippen LogP contribution in [0.2, 0.25) is 0 Å². The Kier molecular flexibility index (Phi) is 6.14. The van der Waals surface area contributed by atoms with Crippen molar-refractivity contribution in [3.63, 3.8) is 0 Å². The first-order valence-electron chi connectivity index (χ1n) is 6.09. The molecule has 1 aliphatic carbocycles. The van der Waals surface area contributed by atoms with Gasteiger partial charge in [-0.25, -0.2) is 0 Å². The fourth-order valence-electron chi connectivity index (χ4n) is 2.23. The van der Waals surface area contributed by atoms with Gasteiger partial charge >= 0.3 is 5.97 Å². The highest BCUT2D eigenvalue weighted by molar-refractivity contribution is 5.69. The Morgan fingerprint density at radius 2 is 2.07 bits per heavy atom. The van der Waals surface area contributed by atoms with Crippen LogP contribution in [0.1, 0.15) is 51.4 Å². The van der Waals surface area contributed by atoms with E-state index in [4.69, 9.17) is 4.74 Å². The number of hydrogen-bond acceptors (Lipinski definition) is 2. The molecule has 0 spiro atoms. The summed E-state index contributed by atoms with van der Waals surface area (Å²) in [6.07, 6.45) is 11.3. The van der Waals surface area contributed by atoms with E-state index in [1.807, 2.05) is 0 Å². The summed E-state index contributed by atoms with van der Waals surface area (Å²) in [7, 11) is 0. The second-order valence-corrected chi connectivity index (χ2v) is 4.37. The van der Waals surface area contributed by atoms with E-state index in [2.05, 4.69) is 6.58 Å². The lowest BCUT2D eigenvalue weighted by Gasteiger charge is -2.20. The molecule has 2 heteroatoms. The minimum atomic E-state index is -0.0780. The van der Waals surface area contributed by atoms with Crippen molar-refractivity contribution in [2.45, 2.75) is 51.4 Å². The van der Waals surface area contributed by atoms with Crippen molar-refractivity contribution >= 4 is 5.97 Å². The number of ether oxygens (including phenoxy) is 1. The molecule has 0 aromatic carbocycles. The number of rotatable bonds is 6. The van der Waals surface area contributed by atoms with E-state index < -0.39 is 0 Å². The fraction of sp³-hybridized carbons (Fsp3) is 0.769. The standard InChI is InChI=1S/C13H22O2/c1-2-11-15-13(14)10-6-9-12-7-4-3-5-8-12/h2,12H,1,3-11H2. The number of esters is 1. The van der Waals surface area contributed by atoms with Gasteiger partial charge in [-0.15, -0.1) is 0 Å². The van der Waals surface area contributed by atoms with Crippen molar-refractivity contribution in [1.82, 2.24) is 0 Å². The minimum absolute atomic E-state index is 0.0780. The molecule has 86 valence electrons. The maximum absolute atomic E-state index is 11.2. The Hall–Kier alpha value is -0.790. The van der Waals surface area contributed by atoms with Gasteiger partial charge < -0.3 is 4.74 Å². The van der Waals surface area contributed by atoms with Crippen LogP contribution in [-0.2, 0) is 9.53 Å². The van der Waals surface area contributed by atoms with Crippen LogP contribution in [0.15, 0.2) is 12.7 Å². The lowest BCUT2D eigenvalue weighted by atomic mass is 9.86. The van der Waals surface area contributed by atoms with E-state index in [1.54, 1.807) is 6.08 Å². The highest BCUT2D eigenvalue weighted by atomic mass is 16.5. The van der Waals surface area contributed by atoms with E-state index in [9.17, 15) is 4.79 Å². The lowest BCUT2D eigenvalue weighted by molar-refractivity contribution is -0.142. The number of carbonyl (C=O) groups excluding carboxylic acids is 1. The van der Waals surface area contributed by atoms with Gasteiger partial charge in [0, 0.05) is 6.42 Å². The summed E-state index contributed by atoms with van der Waals surface area (Å²) in [6.45, 7) is 3.86. The Bertz CT molecular complexity index is 193. The maximum Gasteiger partial charge on any atom is 0.306 e. The first kappa shape index (κ1) is 12.3. The molecule has 15 heavy (non-hydrogen) atoms. The summed E-state index contributed by atoms with van der Waals surface area (Å²) in [5.74, 6) is 0.789. The van der Waals surface area contributed by atoms with Gasteiger partial charge in [0.1, 0.15) is 6.61 Å². The zero-order valence-electron chi connectivity index (χ0n) is 9.54. The third kappa shape index (κ3) is 5.60. The summed E-state index contributed by atoms with van der Waals surface area (Å²) in [6, 6.07) is 0. The van der Waals surface area contributed by atoms with Gasteiger partial charge in [-0.2, -0.15) is 0 Å². The van der Waals surface area contributed by atoms with E-state index in [1.165, 1.54) is 38.5 Å². The summed E-state index contributed by atoms with van der Waals surface area (Å²) in [5, 5.41) is 0. The largest absolute Gasteiger partial charge is 0.461 e. The first-order chi connectivity index (χ1) is 7.33. The predicted octanol–water partition coefficient (Wildman–Crippen LogP) is 3.47. The van der Waals surface area contributed by atoms with Gasteiger partial charge in [-0.1, -0.05) is 44.8 Å². The SMILES string of the molecule is C=CCOC(=O)CCCC1CCCCC1. The van der Waals surface area contributed by atoms with Gasteiger partial charge in [-0.3, -0.25) is 4.79 Å². The monoisotopic (exact) mass is 210 g/mol. The van der Waals surface area contributed by atoms with Crippen LogP contribution in [0.3, 0.4) is 0 Å². The highest BCUT2D eigenvalue weighted by Gasteiger charge is 2.13. The molecular formula is C13H22O2. The molecule has 0 atom stereocenters. The van der Waals surface area contributed by atoms with Crippen LogP contribution in [0.4, 0.5) is 0 Å². The van der Waals surface area contributed by atoms with E-state index in [0.717, 1.165) is 12.3 Å². The van der Waals surface area contributed by atoms with Crippen LogP contribution in [0.25, 0.3) is 0 Å². The van der Waals surface area contributed by atoms with Gasteiger partial charge in [0.05, 0.1) is 0 Å². The normalized spacial score (nSPS) is 17.3. The van der Waals surface area contributed by atoms with Crippen LogP contribution in [0, 0.1) is 5.92 Å². The summed E-state index contributed by atoms with van der Waals surface area (Å²) in [5.41, 5.74) is 0. The molecule has 1 rings (SSSR count). The molecule has 0 aliphatic heterocycles. The van der Waals surface area contributed by atoms with E-state index in [-0.39, 0.29) is 5.97 Å². The molecule has 0 unspecified atom stereocenters. The van der Waals surface area contributed by atoms with Gasteiger partial charge in [0.15, 0.2) is 0 Å². The molecule has 0 N–H and O–H groups in total. The maximum atomic E-state index is 11.2. The Labute approximate surface area is 92.7 Å². The van der Waals surface area contributed by atoms with Crippen molar-refractivity contribution in [3.05, 3.63) is 12.7 Å². The van der Waals surface area contributed by atoms with Crippen molar-refractivity contribution < 1.29 is 9.53 Å². The summed E-state index contributed by atoms with van der Waals surface area (Å²) < 4.78 is 4.92. The molecule has 1 fully saturated rings. The quantitative estimate of drug-likeness (QED) is 0.495. The third-order valence-corrected chi connectivity index (χ3v) is 3.08. The molecular weight excluding hydrogens is 188 g/mol. The molecule has 1 aliphatic rings. The number of hydrogen-bond donors (Lipinski definition) is 0. The van der Waals surface area contributed by atoms with Gasteiger partial charge in [0.25, 0.3) is 0 Å². The lowest BCUT2D eigenvalue weighted by Crippen LogP contribution is -2.08. The highest BCUT2D eigenvalue weighted by Crippen LogP contribution is 2.27. The van der Waals surface area contributed by atoms with Crippen molar-refractivity contribution in [3.8, 4) is 0 Å². The zero-order valence-corrected chi connectivity index (χ0v) is 9.54. The predicted molar refractivity (Wildman–Crippen MR) is 61.6 cm³/mol. The molecule has 0 amide bonds. The van der Waals surface area contributed by atoms with Gasteiger partial charge in [-0.05, 0) is 18.8 Å². The summed E-state index contributed by atoms with van der Waals surface area (Å²) in [4.78, 5) is 11.2. The topological polar surface area (TPSA) is 26.3 Å². The average molecular weight is 210 g/mol. The van der Waals surface area contributed by atoms with Crippen molar-refractivity contribution in [1.29, 1.82) is 0 Å². The molecule has 0 bridgehead atoms. The number of carbonyl (C=O) groups is 1. The fourth-order valence-corrected chi connectivity index (χ4v) is 2.23. The van der Waals surface area contributed by atoms with Gasteiger partial charge in [0.2, 0.25) is 0 Å². The summed E-state index contributed by atoms with van der Waals surface area (Å²) >= 11 is 0. The van der Waals surface area contributed by atoms with E-state index in [0.29, 0.717) is 13.0 Å². The molecule has 0 heterocycles. The third-order valence-electron chi connectivity index (χ3n) is 3.08. The van der Waals surface area contributed by atoms with Crippen LogP contribution in [-0.4, -0.2) is 12.6 Å². The average Bonchev–Trinajstić information content (AvgIpc) is 2.28. The molecule has 0 saturated heterocycles. The molecule has 0 aromatic heterocycles. The molecule has 2 nitrogen and oxygen atoms in total. The molecule has 0 aromatic rings. The Morgan fingerprint density at radius 3 is 2.73 bits per heavy atom. The zero-order chi connectivity index (χ0) is 10.9. The smallest absolute Gasteiger partial charge is 0.306 e. The van der Waals surface area contributed by atoms with E-state index >= 15 is 0 Å². The molecule has 1 saturated carbocycles. The van der Waals surface area contributed by atoms with Crippen LogP contribution >= 0.6 is 0 Å². The van der Waals surface area contributed by atoms with Crippen molar-refractivity contribution in [2.75, 3.05) is 6.61 Å². The van der Waals surface area contributed by atoms with Crippen LogP contribution in [0.5, 0.6) is 0 Å². The molecule has 0 radical (unpaired) electrons. The van der Waals surface area contributed by atoms with Crippen molar-refractivity contribution in [2.24, 2.45) is 5.92 Å². The minimum Gasteiger partial charge on any atom is -0.461 e. The van der Waals surface area contributed by atoms with Crippen LogP contribution < -0.4 is 0 Å². The Morgan fingerprint density at radius 1 is 1.33 bits per heavy atom. The Balaban J connectivity index is 1.99.